The van der Waals surface area contributed by atoms with Crippen LogP contribution in [0.1, 0.15) is 5.56 Å². The molecule has 1 heterocycles. The molecular formula is C21H25FN4O5S. The Labute approximate surface area is 186 Å². The molecule has 2 aromatic rings. The Kier molecular flexibility index (Phi) is 7.65. The van der Waals surface area contributed by atoms with Gasteiger partial charge in [-0.3, -0.25) is 4.79 Å². The van der Waals surface area contributed by atoms with Crippen molar-refractivity contribution in [2.45, 2.75) is 11.4 Å². The van der Waals surface area contributed by atoms with Crippen molar-refractivity contribution in [2.24, 2.45) is 0 Å². The first kappa shape index (κ1) is 23.5. The average molecular weight is 465 g/mol. The number of piperazine rings is 1. The number of amides is 3. The van der Waals surface area contributed by atoms with Crippen LogP contribution in [0.3, 0.4) is 0 Å². The van der Waals surface area contributed by atoms with Crippen molar-refractivity contribution in [3.8, 4) is 5.75 Å². The molecule has 0 aliphatic carbocycles. The molecule has 0 unspecified atom stereocenters. The summed E-state index contributed by atoms with van der Waals surface area (Å²) in [6.07, 6.45) is 0. The van der Waals surface area contributed by atoms with Crippen LogP contribution in [0.5, 0.6) is 5.75 Å². The van der Waals surface area contributed by atoms with Crippen LogP contribution in [0, 0.1) is 5.82 Å². The molecule has 9 nitrogen and oxygen atoms in total. The van der Waals surface area contributed by atoms with Crippen molar-refractivity contribution in [1.29, 1.82) is 0 Å². The Balaban J connectivity index is 1.43. The van der Waals surface area contributed by atoms with Crippen molar-refractivity contribution in [2.75, 3.05) is 39.8 Å². The van der Waals surface area contributed by atoms with Crippen molar-refractivity contribution in [1.82, 2.24) is 19.8 Å². The first-order valence-corrected chi connectivity index (χ1v) is 11.4. The van der Waals surface area contributed by atoms with Gasteiger partial charge in [0.05, 0.1) is 18.6 Å². The molecule has 0 bridgehead atoms. The van der Waals surface area contributed by atoms with E-state index in [-0.39, 0.29) is 55.9 Å². The summed E-state index contributed by atoms with van der Waals surface area (Å²) >= 11 is 0. The third kappa shape index (κ3) is 5.95. The highest BCUT2D eigenvalue weighted by Crippen LogP contribution is 2.20. The second-order valence-corrected chi connectivity index (χ2v) is 9.06. The van der Waals surface area contributed by atoms with Crippen LogP contribution in [0.2, 0.25) is 0 Å². The van der Waals surface area contributed by atoms with Gasteiger partial charge in [-0.1, -0.05) is 12.1 Å². The van der Waals surface area contributed by atoms with Gasteiger partial charge in [0.25, 0.3) is 0 Å². The number of carbonyl (C=O) groups is 2. The Morgan fingerprint density at radius 3 is 2.19 bits per heavy atom. The molecule has 0 radical (unpaired) electrons. The third-order valence-corrected chi connectivity index (χ3v) is 6.97. The summed E-state index contributed by atoms with van der Waals surface area (Å²) in [7, 11) is -2.16. The zero-order valence-corrected chi connectivity index (χ0v) is 18.4. The van der Waals surface area contributed by atoms with Gasteiger partial charge in [0.1, 0.15) is 11.6 Å². The Hall–Kier alpha value is -3.18. The summed E-state index contributed by atoms with van der Waals surface area (Å²) in [5, 5.41) is 5.07. The molecule has 32 heavy (non-hydrogen) atoms. The Bertz CT molecular complexity index is 1040. The highest BCUT2D eigenvalue weighted by atomic mass is 32.2. The zero-order valence-electron chi connectivity index (χ0n) is 17.6. The molecule has 3 amide bonds. The highest BCUT2D eigenvalue weighted by Gasteiger charge is 2.30. The van der Waals surface area contributed by atoms with E-state index in [2.05, 4.69) is 10.6 Å². The minimum absolute atomic E-state index is 0.164. The smallest absolute Gasteiger partial charge is 0.315 e. The number of hydrogen-bond donors (Lipinski definition) is 2. The van der Waals surface area contributed by atoms with E-state index in [1.165, 1.54) is 40.6 Å². The highest BCUT2D eigenvalue weighted by molar-refractivity contribution is 7.89. The van der Waals surface area contributed by atoms with Gasteiger partial charge in [-0.2, -0.15) is 4.31 Å². The fourth-order valence-corrected chi connectivity index (χ4v) is 4.61. The standard InChI is InChI=1S/C21H25FN4O5S/c1-31-18-6-8-19(9-7-18)32(29,30)26-12-10-25(11-13-26)20(27)15-24-21(28)23-14-16-2-4-17(22)5-3-16/h2-9H,10-15H2,1H3,(H2,23,24,28). The Morgan fingerprint density at radius 2 is 1.59 bits per heavy atom. The van der Waals surface area contributed by atoms with Crippen LogP contribution >= 0.6 is 0 Å². The summed E-state index contributed by atoms with van der Waals surface area (Å²) in [6, 6.07) is 11.3. The fourth-order valence-electron chi connectivity index (χ4n) is 3.19. The maximum Gasteiger partial charge on any atom is 0.315 e. The molecule has 2 aromatic carbocycles. The van der Waals surface area contributed by atoms with Crippen LogP contribution in [0.4, 0.5) is 9.18 Å². The molecule has 0 aromatic heterocycles. The molecule has 0 spiro atoms. The summed E-state index contributed by atoms with van der Waals surface area (Å²) in [4.78, 5) is 25.9. The van der Waals surface area contributed by atoms with Crippen LogP contribution in [0.25, 0.3) is 0 Å². The maximum atomic E-state index is 12.9. The second-order valence-electron chi connectivity index (χ2n) is 7.12. The number of ether oxygens (including phenoxy) is 1. The number of sulfonamides is 1. The van der Waals surface area contributed by atoms with Gasteiger partial charge in [-0.15, -0.1) is 0 Å². The molecule has 11 heteroatoms. The van der Waals surface area contributed by atoms with Gasteiger partial charge in [0.2, 0.25) is 15.9 Å². The molecule has 0 atom stereocenters. The molecule has 2 N–H and O–H groups in total. The summed E-state index contributed by atoms with van der Waals surface area (Å²) in [6.45, 7) is 0.774. The molecular weight excluding hydrogens is 439 g/mol. The van der Waals surface area contributed by atoms with Crippen LogP contribution in [0.15, 0.2) is 53.4 Å². The number of nitrogens with one attached hydrogen (secondary N) is 2. The molecule has 0 saturated carbocycles. The van der Waals surface area contributed by atoms with Crippen molar-refractivity contribution >= 4 is 22.0 Å². The van der Waals surface area contributed by atoms with Crippen LogP contribution in [-0.4, -0.2) is 69.4 Å². The second kappa shape index (κ2) is 10.4. The predicted octanol–water partition coefficient (Wildman–Crippen LogP) is 1.17. The normalized spacial score (nSPS) is 14.6. The number of rotatable bonds is 7. The summed E-state index contributed by atoms with van der Waals surface area (Å²) < 4.78 is 44.8. The van der Waals surface area contributed by atoms with Gasteiger partial charge in [0, 0.05) is 32.7 Å². The quantitative estimate of drug-likeness (QED) is 0.640. The zero-order chi connectivity index (χ0) is 23.1. The van der Waals surface area contributed by atoms with Gasteiger partial charge in [-0.05, 0) is 42.0 Å². The van der Waals surface area contributed by atoms with Crippen LogP contribution < -0.4 is 15.4 Å². The Morgan fingerprint density at radius 1 is 0.969 bits per heavy atom. The van der Waals surface area contributed by atoms with E-state index < -0.39 is 16.1 Å². The number of halogens is 1. The first-order chi connectivity index (χ1) is 15.3. The van der Waals surface area contributed by atoms with Crippen molar-refractivity contribution < 1.29 is 27.1 Å². The molecule has 1 aliphatic rings. The summed E-state index contributed by atoms with van der Waals surface area (Å²) in [5.41, 5.74) is 0.724. The number of methoxy groups -OCH3 is 1. The van der Waals surface area contributed by atoms with E-state index in [9.17, 15) is 22.4 Å². The molecule has 1 saturated heterocycles. The molecule has 1 aliphatic heterocycles. The third-order valence-electron chi connectivity index (χ3n) is 5.06. The van der Waals surface area contributed by atoms with Crippen LogP contribution in [-0.2, 0) is 21.4 Å². The fraction of sp³-hybridized carbons (Fsp3) is 0.333. The number of benzene rings is 2. The largest absolute Gasteiger partial charge is 0.497 e. The van der Waals surface area contributed by atoms with Gasteiger partial charge < -0.3 is 20.3 Å². The first-order valence-electron chi connectivity index (χ1n) is 9.98. The lowest BCUT2D eigenvalue weighted by Crippen LogP contribution is -2.53. The SMILES string of the molecule is COc1ccc(S(=O)(=O)N2CCN(C(=O)CNC(=O)NCc3ccc(F)cc3)CC2)cc1. The lowest BCUT2D eigenvalue weighted by atomic mass is 10.2. The van der Waals surface area contributed by atoms with E-state index in [0.29, 0.717) is 5.75 Å². The van der Waals surface area contributed by atoms with E-state index in [1.54, 1.807) is 24.3 Å². The minimum Gasteiger partial charge on any atom is -0.497 e. The lowest BCUT2D eigenvalue weighted by molar-refractivity contribution is -0.131. The van der Waals surface area contributed by atoms with Gasteiger partial charge >= 0.3 is 6.03 Å². The van der Waals surface area contributed by atoms with E-state index in [1.807, 2.05) is 0 Å². The van der Waals surface area contributed by atoms with Crippen molar-refractivity contribution in [3.63, 3.8) is 0 Å². The van der Waals surface area contributed by atoms with E-state index in [4.69, 9.17) is 4.74 Å². The number of nitrogens with zero attached hydrogens (tertiary/aromatic N) is 2. The van der Waals surface area contributed by atoms with E-state index in [0.717, 1.165) is 5.56 Å². The minimum atomic E-state index is -3.66. The number of hydrogen-bond acceptors (Lipinski definition) is 5. The number of urea groups is 1. The average Bonchev–Trinajstić information content (AvgIpc) is 2.82. The monoisotopic (exact) mass is 464 g/mol. The topological polar surface area (TPSA) is 108 Å². The van der Waals surface area contributed by atoms with Gasteiger partial charge in [0.15, 0.2) is 0 Å². The number of carbonyl (C=O) groups excluding carboxylic acids is 2. The molecule has 172 valence electrons. The molecule has 3 rings (SSSR count). The van der Waals surface area contributed by atoms with Crippen molar-refractivity contribution in [3.05, 3.63) is 59.9 Å². The van der Waals surface area contributed by atoms with E-state index >= 15 is 0 Å². The van der Waals surface area contributed by atoms with Gasteiger partial charge in [-0.25, -0.2) is 17.6 Å². The summed E-state index contributed by atoms with van der Waals surface area (Å²) in [5.74, 6) is -0.0994. The maximum absolute atomic E-state index is 12.9. The predicted molar refractivity (Wildman–Crippen MR) is 115 cm³/mol. The molecule has 1 fully saturated rings. The lowest BCUT2D eigenvalue weighted by Gasteiger charge is -2.34.